The van der Waals surface area contributed by atoms with Crippen LogP contribution in [-0.2, 0) is 0 Å². The molecule has 0 radical (unpaired) electrons. The summed E-state index contributed by atoms with van der Waals surface area (Å²) in [4.78, 5) is 5.02. The summed E-state index contributed by atoms with van der Waals surface area (Å²) in [6, 6.07) is 53.5. The van der Waals surface area contributed by atoms with E-state index in [4.69, 9.17) is 9.73 Å². The molecule has 4 atom stereocenters. The lowest BCUT2D eigenvalue weighted by Crippen LogP contribution is -2.31. The van der Waals surface area contributed by atoms with Crippen LogP contribution in [0.4, 0.5) is 11.4 Å². The van der Waals surface area contributed by atoms with Gasteiger partial charge in [-0.15, -0.1) is 0 Å². The molecule has 5 heteroatoms. The van der Waals surface area contributed by atoms with Crippen LogP contribution in [0.25, 0.3) is 16.8 Å². The molecule has 5 nitrogen and oxygen atoms in total. The minimum Gasteiger partial charge on any atom is -0.464 e. The SMILES string of the molecule is C1=CC(c2ccc(C3C=C(c4ccccc4)N=C(c4ccccc4)N3)cc2)CC=C1C1Nc2c(ccc3c2-c2ccccc2NC3c2ccccc2)O1. The van der Waals surface area contributed by atoms with Crippen molar-refractivity contribution in [2.45, 2.75) is 30.7 Å². The predicted octanol–water partition coefficient (Wildman–Crippen LogP) is 10.8. The monoisotopic (exact) mass is 686 g/mol. The summed E-state index contributed by atoms with van der Waals surface area (Å²) in [5.41, 5.74) is 13.9. The van der Waals surface area contributed by atoms with Gasteiger partial charge < -0.3 is 20.7 Å². The maximum absolute atomic E-state index is 6.60. The highest BCUT2D eigenvalue weighted by Gasteiger charge is 2.34. The molecular formula is C48H38N4O. The van der Waals surface area contributed by atoms with Crippen LogP contribution in [0.3, 0.4) is 0 Å². The van der Waals surface area contributed by atoms with Gasteiger partial charge in [-0.2, -0.15) is 0 Å². The van der Waals surface area contributed by atoms with Crippen molar-refractivity contribution in [2.75, 3.05) is 10.6 Å². The molecule has 0 amide bonds. The number of ether oxygens (including phenoxy) is 1. The number of para-hydroxylation sites is 1. The third-order valence-corrected chi connectivity index (χ3v) is 10.8. The van der Waals surface area contributed by atoms with Crippen LogP contribution in [0.15, 0.2) is 187 Å². The summed E-state index contributed by atoms with van der Waals surface area (Å²) in [7, 11) is 0. The lowest BCUT2D eigenvalue weighted by Gasteiger charge is -2.31. The van der Waals surface area contributed by atoms with Crippen LogP contribution in [0.1, 0.15) is 57.8 Å². The van der Waals surface area contributed by atoms with Crippen molar-refractivity contribution in [1.82, 2.24) is 5.32 Å². The second-order valence-corrected chi connectivity index (χ2v) is 14.0. The lowest BCUT2D eigenvalue weighted by molar-refractivity contribution is 0.292. The molecule has 0 aromatic heterocycles. The first-order chi connectivity index (χ1) is 26.2. The van der Waals surface area contributed by atoms with Gasteiger partial charge >= 0.3 is 0 Å². The third-order valence-electron chi connectivity index (χ3n) is 10.8. The molecule has 4 aliphatic rings. The first-order valence-corrected chi connectivity index (χ1v) is 18.4. The Morgan fingerprint density at radius 3 is 2.06 bits per heavy atom. The zero-order valence-corrected chi connectivity index (χ0v) is 29.1. The molecule has 3 heterocycles. The first kappa shape index (κ1) is 31.2. The average molecular weight is 687 g/mol. The van der Waals surface area contributed by atoms with Crippen molar-refractivity contribution < 1.29 is 4.74 Å². The van der Waals surface area contributed by atoms with Gasteiger partial charge in [0.15, 0.2) is 6.23 Å². The molecule has 10 rings (SSSR count). The maximum atomic E-state index is 6.60. The standard InChI is InChI=1S/C48H38N4O/c1-4-12-33(13-5-1)41-30-42(51-47(50-41)36-16-8-3-9-17-36)34-24-20-31(21-25-34)32-22-26-37(27-23-32)48-52-46-43(53-48)29-28-39-44(46)38-18-10-11-19-40(38)49-45(39)35-14-6-2-7-15-35/h1-22,24-30,32,42,45,48-49,52H,23H2,(H,50,51). The number of fused-ring (bicyclic) bond motifs is 5. The molecule has 6 aromatic rings. The second kappa shape index (κ2) is 13.2. The van der Waals surface area contributed by atoms with Crippen molar-refractivity contribution in [3.05, 3.63) is 215 Å². The molecule has 256 valence electrons. The Hall–Kier alpha value is -6.59. The van der Waals surface area contributed by atoms with Crippen molar-refractivity contribution >= 4 is 22.9 Å². The molecule has 3 aliphatic heterocycles. The molecule has 0 bridgehead atoms. The molecule has 0 saturated heterocycles. The van der Waals surface area contributed by atoms with Gasteiger partial charge in [-0.25, -0.2) is 4.99 Å². The summed E-state index contributed by atoms with van der Waals surface area (Å²) in [6.45, 7) is 0. The first-order valence-electron chi connectivity index (χ1n) is 18.4. The number of aliphatic imine (C=N–C) groups is 1. The molecule has 0 fully saturated rings. The molecule has 4 unspecified atom stereocenters. The van der Waals surface area contributed by atoms with Crippen molar-refractivity contribution in [3.63, 3.8) is 0 Å². The summed E-state index contributed by atoms with van der Waals surface area (Å²) in [5.74, 6) is 2.08. The predicted molar refractivity (Wildman–Crippen MR) is 216 cm³/mol. The van der Waals surface area contributed by atoms with Crippen LogP contribution in [0.5, 0.6) is 5.75 Å². The second-order valence-electron chi connectivity index (χ2n) is 14.0. The summed E-state index contributed by atoms with van der Waals surface area (Å²) < 4.78 is 6.60. The molecule has 53 heavy (non-hydrogen) atoms. The van der Waals surface area contributed by atoms with Crippen molar-refractivity contribution in [1.29, 1.82) is 0 Å². The van der Waals surface area contributed by atoms with E-state index >= 15 is 0 Å². The molecule has 6 aromatic carbocycles. The van der Waals surface area contributed by atoms with Crippen molar-refractivity contribution in [3.8, 4) is 16.9 Å². The van der Waals surface area contributed by atoms with E-state index in [2.05, 4.69) is 180 Å². The van der Waals surface area contributed by atoms with Crippen LogP contribution in [-0.4, -0.2) is 12.1 Å². The highest BCUT2D eigenvalue weighted by atomic mass is 16.5. The Morgan fingerprint density at radius 1 is 0.604 bits per heavy atom. The Morgan fingerprint density at radius 2 is 1.30 bits per heavy atom. The number of rotatable bonds is 6. The fraction of sp³-hybridized carbons (Fsp3) is 0.104. The molecule has 0 spiro atoms. The fourth-order valence-corrected chi connectivity index (χ4v) is 8.04. The van der Waals surface area contributed by atoms with Gasteiger partial charge in [-0.3, -0.25) is 0 Å². The van der Waals surface area contributed by atoms with Gasteiger partial charge in [0.2, 0.25) is 0 Å². The molecule has 1 aliphatic carbocycles. The van der Waals surface area contributed by atoms with Gasteiger partial charge in [-0.1, -0.05) is 158 Å². The van der Waals surface area contributed by atoms with E-state index in [1.165, 1.54) is 33.4 Å². The van der Waals surface area contributed by atoms with E-state index in [9.17, 15) is 0 Å². The van der Waals surface area contributed by atoms with Crippen LogP contribution >= 0.6 is 0 Å². The smallest absolute Gasteiger partial charge is 0.196 e. The number of anilines is 2. The van der Waals surface area contributed by atoms with Crippen LogP contribution in [0, 0.1) is 0 Å². The highest BCUT2D eigenvalue weighted by molar-refractivity contribution is 6.03. The third kappa shape index (κ3) is 5.81. The maximum Gasteiger partial charge on any atom is 0.196 e. The Kier molecular flexibility index (Phi) is 7.76. The van der Waals surface area contributed by atoms with E-state index in [0.717, 1.165) is 51.8 Å². The van der Waals surface area contributed by atoms with Crippen molar-refractivity contribution in [2.24, 2.45) is 4.99 Å². The normalized spacial score (nSPS) is 20.9. The van der Waals surface area contributed by atoms with E-state index in [0.29, 0.717) is 5.92 Å². The zero-order valence-electron chi connectivity index (χ0n) is 29.1. The quantitative estimate of drug-likeness (QED) is 0.163. The van der Waals surface area contributed by atoms with Gasteiger partial charge in [0.25, 0.3) is 0 Å². The number of hydrogen-bond acceptors (Lipinski definition) is 5. The Bertz CT molecular complexity index is 2430. The minimum absolute atomic E-state index is 0.00375. The number of allylic oxidation sites excluding steroid dienone is 2. The largest absolute Gasteiger partial charge is 0.464 e. The Labute approximate surface area is 310 Å². The molecular weight excluding hydrogens is 649 g/mol. The minimum atomic E-state index is -0.239. The molecule has 3 N–H and O–H groups in total. The van der Waals surface area contributed by atoms with Crippen LogP contribution in [0.2, 0.25) is 0 Å². The number of nitrogens with one attached hydrogen (secondary N) is 3. The van der Waals surface area contributed by atoms with E-state index in [1.54, 1.807) is 0 Å². The fourth-order valence-electron chi connectivity index (χ4n) is 8.04. The van der Waals surface area contributed by atoms with E-state index in [-0.39, 0.29) is 18.3 Å². The number of amidine groups is 1. The highest BCUT2D eigenvalue weighted by Crippen LogP contribution is 2.52. The Balaban J connectivity index is 0.870. The van der Waals surface area contributed by atoms with Gasteiger partial charge in [0, 0.05) is 33.9 Å². The van der Waals surface area contributed by atoms with Gasteiger partial charge in [-0.05, 0) is 52.4 Å². The summed E-state index contributed by atoms with van der Waals surface area (Å²) in [6.07, 6.45) is 9.79. The topological polar surface area (TPSA) is 57.7 Å². The van der Waals surface area contributed by atoms with Gasteiger partial charge in [0.05, 0.1) is 23.5 Å². The van der Waals surface area contributed by atoms with Crippen LogP contribution < -0.4 is 20.7 Å². The van der Waals surface area contributed by atoms with E-state index < -0.39 is 0 Å². The van der Waals surface area contributed by atoms with Gasteiger partial charge in [0.1, 0.15) is 11.6 Å². The number of hydrogen-bond donors (Lipinski definition) is 3. The number of benzene rings is 6. The van der Waals surface area contributed by atoms with E-state index in [1.807, 2.05) is 12.1 Å². The summed E-state index contributed by atoms with van der Waals surface area (Å²) >= 11 is 0. The number of nitrogens with zero attached hydrogens (tertiary/aromatic N) is 1. The zero-order chi connectivity index (χ0) is 35.1. The lowest BCUT2D eigenvalue weighted by atomic mass is 9.85. The average Bonchev–Trinajstić information content (AvgIpc) is 3.69. The molecule has 0 saturated carbocycles. The summed E-state index contributed by atoms with van der Waals surface area (Å²) in [5, 5.41) is 11.3.